The SMILES string of the molecule is COc1ccc(C(C)(O)c2cccc(F)c2F)cc1. The third-order valence-corrected chi connectivity index (χ3v) is 3.13. The van der Waals surface area contributed by atoms with E-state index in [1.807, 2.05) is 0 Å². The molecule has 2 nitrogen and oxygen atoms in total. The highest BCUT2D eigenvalue weighted by Gasteiger charge is 2.29. The zero-order valence-corrected chi connectivity index (χ0v) is 10.7. The molecule has 100 valence electrons. The Kier molecular flexibility index (Phi) is 3.53. The molecule has 0 spiro atoms. The van der Waals surface area contributed by atoms with Gasteiger partial charge in [-0.15, -0.1) is 0 Å². The van der Waals surface area contributed by atoms with E-state index in [2.05, 4.69) is 0 Å². The maximum Gasteiger partial charge on any atom is 0.165 e. The summed E-state index contributed by atoms with van der Waals surface area (Å²) in [6.45, 7) is 1.42. The van der Waals surface area contributed by atoms with Crippen molar-refractivity contribution in [2.45, 2.75) is 12.5 Å². The van der Waals surface area contributed by atoms with Gasteiger partial charge in [-0.2, -0.15) is 0 Å². The second kappa shape index (κ2) is 4.97. The van der Waals surface area contributed by atoms with Crippen LogP contribution >= 0.6 is 0 Å². The summed E-state index contributed by atoms with van der Waals surface area (Å²) in [7, 11) is 1.53. The van der Waals surface area contributed by atoms with Crippen LogP contribution in [0, 0.1) is 11.6 Å². The first-order valence-electron chi connectivity index (χ1n) is 5.78. The van der Waals surface area contributed by atoms with E-state index in [-0.39, 0.29) is 5.56 Å². The van der Waals surface area contributed by atoms with E-state index >= 15 is 0 Å². The molecule has 4 heteroatoms. The highest BCUT2D eigenvalue weighted by atomic mass is 19.2. The number of halogens is 2. The molecule has 19 heavy (non-hydrogen) atoms. The Hall–Kier alpha value is -1.94. The van der Waals surface area contributed by atoms with Crippen molar-refractivity contribution >= 4 is 0 Å². The van der Waals surface area contributed by atoms with E-state index in [0.717, 1.165) is 6.07 Å². The topological polar surface area (TPSA) is 29.5 Å². The third-order valence-electron chi connectivity index (χ3n) is 3.13. The Morgan fingerprint density at radius 3 is 2.26 bits per heavy atom. The van der Waals surface area contributed by atoms with E-state index in [9.17, 15) is 13.9 Å². The molecule has 1 unspecified atom stereocenters. The van der Waals surface area contributed by atoms with E-state index in [0.29, 0.717) is 11.3 Å². The summed E-state index contributed by atoms with van der Waals surface area (Å²) < 4.78 is 32.0. The van der Waals surface area contributed by atoms with Gasteiger partial charge in [-0.25, -0.2) is 8.78 Å². The zero-order chi connectivity index (χ0) is 14.0. The van der Waals surface area contributed by atoms with Gasteiger partial charge in [0, 0.05) is 5.56 Å². The lowest BCUT2D eigenvalue weighted by Gasteiger charge is -2.25. The van der Waals surface area contributed by atoms with Crippen LogP contribution in [0.1, 0.15) is 18.1 Å². The quantitative estimate of drug-likeness (QED) is 0.922. The lowest BCUT2D eigenvalue weighted by Crippen LogP contribution is -2.24. The first kappa shape index (κ1) is 13.5. The fraction of sp³-hybridized carbons (Fsp3) is 0.200. The minimum absolute atomic E-state index is 0.0994. The zero-order valence-electron chi connectivity index (χ0n) is 10.7. The van der Waals surface area contributed by atoms with Gasteiger partial charge in [-0.1, -0.05) is 24.3 Å². The molecule has 1 atom stereocenters. The fourth-order valence-corrected chi connectivity index (χ4v) is 1.95. The summed E-state index contributed by atoms with van der Waals surface area (Å²) in [6, 6.07) is 10.3. The van der Waals surface area contributed by atoms with E-state index < -0.39 is 17.2 Å². The van der Waals surface area contributed by atoms with Gasteiger partial charge >= 0.3 is 0 Å². The smallest absolute Gasteiger partial charge is 0.165 e. The van der Waals surface area contributed by atoms with Crippen LogP contribution in [0.3, 0.4) is 0 Å². The molecular weight excluding hydrogens is 250 g/mol. The Bertz CT molecular complexity index is 577. The molecule has 0 bridgehead atoms. The summed E-state index contributed by atoms with van der Waals surface area (Å²) in [5.41, 5.74) is -1.26. The van der Waals surface area contributed by atoms with Gasteiger partial charge in [-0.05, 0) is 30.7 Å². The second-order valence-electron chi connectivity index (χ2n) is 4.40. The van der Waals surface area contributed by atoms with Gasteiger partial charge in [0.1, 0.15) is 11.4 Å². The summed E-state index contributed by atoms with van der Waals surface area (Å²) in [4.78, 5) is 0. The van der Waals surface area contributed by atoms with Crippen molar-refractivity contribution in [2.24, 2.45) is 0 Å². The highest BCUT2D eigenvalue weighted by Crippen LogP contribution is 2.32. The molecule has 0 saturated carbocycles. The molecule has 2 aromatic rings. The van der Waals surface area contributed by atoms with Gasteiger partial charge in [0.25, 0.3) is 0 Å². The number of ether oxygens (including phenoxy) is 1. The lowest BCUT2D eigenvalue weighted by molar-refractivity contribution is 0.0969. The van der Waals surface area contributed by atoms with Crippen molar-refractivity contribution in [3.8, 4) is 5.75 Å². The van der Waals surface area contributed by atoms with Gasteiger partial charge in [0.05, 0.1) is 7.11 Å². The third kappa shape index (κ3) is 2.44. The van der Waals surface area contributed by atoms with Crippen LogP contribution in [0.5, 0.6) is 5.75 Å². The number of rotatable bonds is 3. The summed E-state index contributed by atoms with van der Waals surface area (Å²) in [5, 5.41) is 10.5. The molecule has 0 aliphatic rings. The second-order valence-corrected chi connectivity index (χ2v) is 4.40. The molecule has 1 N–H and O–H groups in total. The van der Waals surface area contributed by atoms with Crippen molar-refractivity contribution in [3.05, 3.63) is 65.2 Å². The number of benzene rings is 2. The first-order chi connectivity index (χ1) is 8.96. The van der Waals surface area contributed by atoms with Crippen molar-refractivity contribution < 1.29 is 18.6 Å². The van der Waals surface area contributed by atoms with Crippen LogP contribution in [-0.2, 0) is 5.60 Å². The highest BCUT2D eigenvalue weighted by molar-refractivity contribution is 5.38. The van der Waals surface area contributed by atoms with Crippen molar-refractivity contribution in [2.75, 3.05) is 7.11 Å². The molecule has 0 saturated heterocycles. The molecular formula is C15H14F2O2. The predicted molar refractivity (Wildman–Crippen MR) is 68.0 cm³/mol. The Morgan fingerprint density at radius 1 is 1.05 bits per heavy atom. The molecule has 0 aliphatic heterocycles. The van der Waals surface area contributed by atoms with Crippen LogP contribution in [0.15, 0.2) is 42.5 Å². The van der Waals surface area contributed by atoms with Gasteiger partial charge < -0.3 is 9.84 Å². The number of hydrogen-bond acceptors (Lipinski definition) is 2. The van der Waals surface area contributed by atoms with Crippen LogP contribution in [0.25, 0.3) is 0 Å². The number of aliphatic hydroxyl groups is 1. The van der Waals surface area contributed by atoms with Crippen molar-refractivity contribution in [3.63, 3.8) is 0 Å². The molecule has 0 fully saturated rings. The monoisotopic (exact) mass is 264 g/mol. The predicted octanol–water partition coefficient (Wildman–Crippen LogP) is 3.23. The Balaban J connectivity index is 2.48. The fourth-order valence-electron chi connectivity index (χ4n) is 1.95. The van der Waals surface area contributed by atoms with Gasteiger partial charge in [-0.3, -0.25) is 0 Å². The van der Waals surface area contributed by atoms with Crippen LogP contribution in [0.2, 0.25) is 0 Å². The van der Waals surface area contributed by atoms with E-state index in [4.69, 9.17) is 4.74 Å². The largest absolute Gasteiger partial charge is 0.497 e. The lowest BCUT2D eigenvalue weighted by atomic mass is 9.88. The minimum atomic E-state index is -1.61. The van der Waals surface area contributed by atoms with Crippen molar-refractivity contribution in [1.29, 1.82) is 0 Å². The van der Waals surface area contributed by atoms with E-state index in [1.54, 1.807) is 24.3 Å². The Morgan fingerprint density at radius 2 is 1.68 bits per heavy atom. The van der Waals surface area contributed by atoms with Crippen molar-refractivity contribution in [1.82, 2.24) is 0 Å². The first-order valence-corrected chi connectivity index (χ1v) is 5.78. The maximum atomic E-state index is 13.8. The molecule has 0 radical (unpaired) electrons. The summed E-state index contributed by atoms with van der Waals surface area (Å²) in [6.07, 6.45) is 0. The average Bonchev–Trinajstić information content (AvgIpc) is 2.41. The average molecular weight is 264 g/mol. The maximum absolute atomic E-state index is 13.8. The van der Waals surface area contributed by atoms with E-state index in [1.165, 1.54) is 26.2 Å². The normalized spacial score (nSPS) is 13.9. The molecule has 0 heterocycles. The standard InChI is InChI=1S/C15H14F2O2/c1-15(18,10-6-8-11(19-2)9-7-10)12-4-3-5-13(16)14(12)17/h3-9,18H,1-2H3. The van der Waals surface area contributed by atoms with Crippen LogP contribution < -0.4 is 4.74 Å². The molecule has 0 aliphatic carbocycles. The van der Waals surface area contributed by atoms with Gasteiger partial charge in [0.2, 0.25) is 0 Å². The Labute approximate surface area is 110 Å². The summed E-state index contributed by atoms with van der Waals surface area (Å²) >= 11 is 0. The summed E-state index contributed by atoms with van der Waals surface area (Å²) in [5.74, 6) is -1.39. The molecule has 2 aromatic carbocycles. The number of methoxy groups -OCH3 is 1. The van der Waals surface area contributed by atoms with Gasteiger partial charge in [0.15, 0.2) is 11.6 Å². The minimum Gasteiger partial charge on any atom is -0.497 e. The molecule has 2 rings (SSSR count). The van der Waals surface area contributed by atoms with Crippen LogP contribution in [0.4, 0.5) is 8.78 Å². The number of hydrogen-bond donors (Lipinski definition) is 1. The van der Waals surface area contributed by atoms with Crippen LogP contribution in [-0.4, -0.2) is 12.2 Å². The molecule has 0 amide bonds. The molecule has 0 aromatic heterocycles.